The summed E-state index contributed by atoms with van der Waals surface area (Å²) >= 11 is 0. The molecule has 3 heterocycles. The monoisotopic (exact) mass is 403 g/mol. The lowest BCUT2D eigenvalue weighted by Crippen LogP contribution is -2.45. The number of carbonyl (C=O) groups is 2. The zero-order valence-corrected chi connectivity index (χ0v) is 17.0. The van der Waals surface area contributed by atoms with Crippen molar-refractivity contribution in [2.75, 3.05) is 13.1 Å². The van der Waals surface area contributed by atoms with Crippen LogP contribution in [-0.2, 0) is 11.3 Å². The van der Waals surface area contributed by atoms with E-state index in [1.165, 1.54) is 5.56 Å². The SMILES string of the molecule is Cc1ccc(CNC(=O)[C@H]2CCCN(C(=O)c3cc(-c4ccccn4)n[nH]3)C2)cc1. The topological polar surface area (TPSA) is 91.0 Å². The third kappa shape index (κ3) is 4.56. The van der Waals surface area contributed by atoms with E-state index >= 15 is 0 Å². The highest BCUT2D eigenvalue weighted by atomic mass is 16.2. The molecular weight excluding hydrogens is 378 g/mol. The van der Waals surface area contributed by atoms with Crippen LogP contribution in [0.5, 0.6) is 0 Å². The molecular formula is C23H25N5O2. The van der Waals surface area contributed by atoms with Gasteiger partial charge in [-0.2, -0.15) is 5.10 Å². The second-order valence-corrected chi connectivity index (χ2v) is 7.68. The van der Waals surface area contributed by atoms with Crippen molar-refractivity contribution in [1.82, 2.24) is 25.4 Å². The molecule has 2 N–H and O–H groups in total. The first-order valence-electron chi connectivity index (χ1n) is 10.2. The Labute approximate surface area is 175 Å². The van der Waals surface area contributed by atoms with E-state index in [0.29, 0.717) is 36.7 Å². The highest BCUT2D eigenvalue weighted by Crippen LogP contribution is 2.20. The van der Waals surface area contributed by atoms with Crippen molar-refractivity contribution >= 4 is 11.8 Å². The van der Waals surface area contributed by atoms with Crippen molar-refractivity contribution in [3.8, 4) is 11.4 Å². The summed E-state index contributed by atoms with van der Waals surface area (Å²) in [4.78, 5) is 31.6. The number of aryl methyl sites for hydroxylation is 1. The number of piperidine rings is 1. The largest absolute Gasteiger partial charge is 0.352 e. The number of benzene rings is 1. The second-order valence-electron chi connectivity index (χ2n) is 7.68. The van der Waals surface area contributed by atoms with Crippen LogP contribution >= 0.6 is 0 Å². The van der Waals surface area contributed by atoms with Gasteiger partial charge in [0.15, 0.2) is 0 Å². The Balaban J connectivity index is 1.36. The second kappa shape index (κ2) is 8.90. The number of amides is 2. The van der Waals surface area contributed by atoms with E-state index in [4.69, 9.17) is 0 Å². The minimum absolute atomic E-state index is 0.00754. The average Bonchev–Trinajstić information content (AvgIpc) is 3.29. The van der Waals surface area contributed by atoms with Crippen molar-refractivity contribution in [3.05, 3.63) is 71.5 Å². The van der Waals surface area contributed by atoms with Gasteiger partial charge in [0.25, 0.3) is 5.91 Å². The summed E-state index contributed by atoms with van der Waals surface area (Å²) in [5, 5.41) is 10.0. The molecule has 2 amide bonds. The Hall–Kier alpha value is -3.48. The molecule has 1 saturated heterocycles. The van der Waals surface area contributed by atoms with Crippen LogP contribution in [0.15, 0.2) is 54.7 Å². The molecule has 0 saturated carbocycles. The maximum atomic E-state index is 12.9. The van der Waals surface area contributed by atoms with E-state index < -0.39 is 0 Å². The Kier molecular flexibility index (Phi) is 5.88. The van der Waals surface area contributed by atoms with Crippen molar-refractivity contribution in [3.63, 3.8) is 0 Å². The molecule has 7 nitrogen and oxygen atoms in total. The van der Waals surface area contributed by atoms with Crippen LogP contribution in [0.4, 0.5) is 0 Å². The molecule has 30 heavy (non-hydrogen) atoms. The molecule has 0 spiro atoms. The van der Waals surface area contributed by atoms with E-state index in [1.807, 2.05) is 49.4 Å². The highest BCUT2D eigenvalue weighted by Gasteiger charge is 2.29. The van der Waals surface area contributed by atoms with Gasteiger partial charge in [-0.05, 0) is 43.5 Å². The molecule has 0 aliphatic carbocycles. The minimum atomic E-state index is -0.202. The van der Waals surface area contributed by atoms with Gasteiger partial charge < -0.3 is 10.2 Å². The normalized spacial score (nSPS) is 16.3. The fraction of sp³-hybridized carbons (Fsp3) is 0.304. The van der Waals surface area contributed by atoms with Crippen molar-refractivity contribution < 1.29 is 9.59 Å². The van der Waals surface area contributed by atoms with Gasteiger partial charge in [-0.25, -0.2) is 0 Å². The van der Waals surface area contributed by atoms with Crippen LogP contribution in [0.25, 0.3) is 11.4 Å². The molecule has 0 radical (unpaired) electrons. The number of aromatic nitrogens is 3. The van der Waals surface area contributed by atoms with E-state index in [9.17, 15) is 9.59 Å². The highest BCUT2D eigenvalue weighted by molar-refractivity contribution is 5.93. The van der Waals surface area contributed by atoms with Crippen LogP contribution in [-0.4, -0.2) is 45.0 Å². The molecule has 3 aromatic rings. The molecule has 1 fully saturated rings. The molecule has 1 aliphatic rings. The quantitative estimate of drug-likeness (QED) is 0.685. The van der Waals surface area contributed by atoms with Crippen molar-refractivity contribution in [2.24, 2.45) is 5.92 Å². The standard InChI is InChI=1S/C23H25N5O2/c1-16-7-9-17(10-8-16)14-25-22(29)18-5-4-12-28(15-18)23(30)21-13-20(26-27-21)19-6-2-3-11-24-19/h2-3,6-11,13,18H,4-5,12,14-15H2,1H3,(H,25,29)(H,26,27)/t18-/m0/s1. The van der Waals surface area contributed by atoms with E-state index in [1.54, 1.807) is 17.2 Å². The lowest BCUT2D eigenvalue weighted by atomic mass is 9.96. The van der Waals surface area contributed by atoms with Crippen LogP contribution in [0.1, 0.15) is 34.5 Å². The lowest BCUT2D eigenvalue weighted by molar-refractivity contribution is -0.126. The Bertz CT molecular complexity index is 1010. The molecule has 0 bridgehead atoms. The summed E-state index contributed by atoms with van der Waals surface area (Å²) in [5.41, 5.74) is 4.01. The maximum absolute atomic E-state index is 12.9. The van der Waals surface area contributed by atoms with Gasteiger partial charge >= 0.3 is 0 Å². The number of hydrogen-bond donors (Lipinski definition) is 2. The fourth-order valence-corrected chi connectivity index (χ4v) is 3.66. The van der Waals surface area contributed by atoms with Gasteiger partial charge in [0.05, 0.1) is 11.6 Å². The van der Waals surface area contributed by atoms with Gasteiger partial charge in [0, 0.05) is 25.8 Å². The molecule has 4 rings (SSSR count). The lowest BCUT2D eigenvalue weighted by Gasteiger charge is -2.31. The van der Waals surface area contributed by atoms with Crippen molar-refractivity contribution in [1.29, 1.82) is 0 Å². The van der Waals surface area contributed by atoms with Gasteiger partial charge in [-0.1, -0.05) is 35.9 Å². The number of likely N-dealkylation sites (tertiary alicyclic amines) is 1. The number of nitrogens with zero attached hydrogens (tertiary/aromatic N) is 3. The zero-order valence-electron chi connectivity index (χ0n) is 17.0. The van der Waals surface area contributed by atoms with Crippen LogP contribution in [0, 0.1) is 12.8 Å². The maximum Gasteiger partial charge on any atom is 0.271 e. The molecule has 0 unspecified atom stereocenters. The Morgan fingerprint density at radius 1 is 1.17 bits per heavy atom. The van der Waals surface area contributed by atoms with Crippen LogP contribution in [0.3, 0.4) is 0 Å². The number of hydrogen-bond acceptors (Lipinski definition) is 4. The van der Waals surface area contributed by atoms with Gasteiger partial charge in [0.2, 0.25) is 5.91 Å². The van der Waals surface area contributed by atoms with E-state index in [-0.39, 0.29) is 17.7 Å². The predicted octanol–water partition coefficient (Wildman–Crippen LogP) is 2.95. The number of carbonyl (C=O) groups excluding carboxylic acids is 2. The Morgan fingerprint density at radius 3 is 2.77 bits per heavy atom. The minimum Gasteiger partial charge on any atom is -0.352 e. The number of aromatic amines is 1. The average molecular weight is 403 g/mol. The molecule has 2 aromatic heterocycles. The molecule has 154 valence electrons. The first kappa shape index (κ1) is 19.8. The third-order valence-corrected chi connectivity index (χ3v) is 5.40. The third-order valence-electron chi connectivity index (χ3n) is 5.40. The summed E-state index contributed by atoms with van der Waals surface area (Å²) in [6.07, 6.45) is 3.28. The zero-order chi connectivity index (χ0) is 20.9. The first-order chi connectivity index (χ1) is 14.6. The number of rotatable bonds is 5. The number of H-pyrrole nitrogens is 1. The predicted molar refractivity (Wildman–Crippen MR) is 113 cm³/mol. The first-order valence-corrected chi connectivity index (χ1v) is 10.2. The van der Waals surface area contributed by atoms with Gasteiger partial charge in [-0.15, -0.1) is 0 Å². The molecule has 1 aliphatic heterocycles. The van der Waals surface area contributed by atoms with E-state index in [0.717, 1.165) is 18.4 Å². The molecule has 1 aromatic carbocycles. The summed E-state index contributed by atoms with van der Waals surface area (Å²) in [6, 6.07) is 15.4. The Morgan fingerprint density at radius 2 is 2.00 bits per heavy atom. The molecule has 1 atom stereocenters. The van der Waals surface area contributed by atoms with Gasteiger partial charge in [0.1, 0.15) is 11.4 Å². The smallest absolute Gasteiger partial charge is 0.271 e. The number of pyridine rings is 1. The van der Waals surface area contributed by atoms with Crippen LogP contribution in [0.2, 0.25) is 0 Å². The fourth-order valence-electron chi connectivity index (χ4n) is 3.66. The summed E-state index contributed by atoms with van der Waals surface area (Å²) < 4.78 is 0. The molecule has 7 heteroatoms. The van der Waals surface area contributed by atoms with E-state index in [2.05, 4.69) is 20.5 Å². The summed E-state index contributed by atoms with van der Waals surface area (Å²) in [6.45, 7) is 3.58. The van der Waals surface area contributed by atoms with Crippen LogP contribution < -0.4 is 5.32 Å². The summed E-state index contributed by atoms with van der Waals surface area (Å²) in [7, 11) is 0. The van der Waals surface area contributed by atoms with Crippen molar-refractivity contribution in [2.45, 2.75) is 26.3 Å². The van der Waals surface area contributed by atoms with Gasteiger partial charge in [-0.3, -0.25) is 19.7 Å². The number of nitrogens with one attached hydrogen (secondary N) is 2. The summed E-state index contributed by atoms with van der Waals surface area (Å²) in [5.74, 6) is -0.348.